The first kappa shape index (κ1) is 6.80. The highest BCUT2D eigenvalue weighted by Crippen LogP contribution is 1.89. The van der Waals surface area contributed by atoms with Crippen molar-refractivity contribution in [2.45, 2.75) is 13.8 Å². The first-order chi connectivity index (χ1) is 4.61. The summed E-state index contributed by atoms with van der Waals surface area (Å²) < 4.78 is 4.22. The molecule has 0 bridgehead atoms. The normalized spacial score (nSPS) is 9.80. The van der Waals surface area contributed by atoms with Crippen molar-refractivity contribution < 1.29 is 4.42 Å². The number of rotatable bonds is 0. The standard InChI is InChI=1S/C6H7NO3/c1-3-4(2)7-6(9)10-5(3)8/h1-2H3,(H,7,9). The van der Waals surface area contributed by atoms with Crippen molar-refractivity contribution in [2.75, 3.05) is 0 Å². The summed E-state index contributed by atoms with van der Waals surface area (Å²) in [4.78, 5) is 23.5. The highest BCUT2D eigenvalue weighted by Gasteiger charge is 1.99. The van der Waals surface area contributed by atoms with Gasteiger partial charge in [0, 0.05) is 5.69 Å². The Hall–Kier alpha value is -1.32. The summed E-state index contributed by atoms with van der Waals surface area (Å²) in [5.74, 6) is -0.701. The SMILES string of the molecule is Cc1[nH]c(=O)oc(=O)c1C. The van der Waals surface area contributed by atoms with E-state index in [2.05, 4.69) is 9.40 Å². The lowest BCUT2D eigenvalue weighted by Gasteiger charge is -1.92. The van der Waals surface area contributed by atoms with E-state index in [1.165, 1.54) is 0 Å². The van der Waals surface area contributed by atoms with Crippen LogP contribution in [-0.2, 0) is 0 Å². The van der Waals surface area contributed by atoms with Gasteiger partial charge in [0.25, 0.3) is 0 Å². The van der Waals surface area contributed by atoms with Gasteiger partial charge >= 0.3 is 11.4 Å². The Morgan fingerprint density at radius 1 is 1.30 bits per heavy atom. The van der Waals surface area contributed by atoms with Crippen molar-refractivity contribution in [3.05, 3.63) is 32.2 Å². The summed E-state index contributed by atoms with van der Waals surface area (Å²) in [6, 6.07) is 0. The smallest absolute Gasteiger partial charge is 0.372 e. The minimum atomic E-state index is -0.701. The van der Waals surface area contributed by atoms with Crippen molar-refractivity contribution in [3.63, 3.8) is 0 Å². The maximum Gasteiger partial charge on any atom is 0.419 e. The van der Waals surface area contributed by atoms with Crippen LogP contribution >= 0.6 is 0 Å². The Balaban J connectivity index is 3.62. The van der Waals surface area contributed by atoms with Crippen LogP contribution in [0.5, 0.6) is 0 Å². The minimum Gasteiger partial charge on any atom is -0.372 e. The molecule has 0 saturated carbocycles. The molecular formula is C6H7NO3. The number of H-pyrrole nitrogens is 1. The predicted octanol–water partition coefficient (Wildman–Crippen LogP) is -0.0551. The lowest BCUT2D eigenvalue weighted by atomic mass is 10.3. The van der Waals surface area contributed by atoms with E-state index in [1.54, 1.807) is 13.8 Å². The molecule has 10 heavy (non-hydrogen) atoms. The summed E-state index contributed by atoms with van der Waals surface area (Å²) in [5.41, 5.74) is 0.433. The van der Waals surface area contributed by atoms with E-state index < -0.39 is 11.4 Å². The number of hydrogen-bond acceptors (Lipinski definition) is 3. The second-order valence-electron chi connectivity index (χ2n) is 2.05. The predicted molar refractivity (Wildman–Crippen MR) is 35.1 cm³/mol. The molecule has 0 unspecified atom stereocenters. The highest BCUT2D eigenvalue weighted by atomic mass is 16.4. The van der Waals surface area contributed by atoms with Crippen LogP contribution in [0.1, 0.15) is 11.3 Å². The lowest BCUT2D eigenvalue weighted by molar-refractivity contribution is 0.441. The Morgan fingerprint density at radius 2 is 1.90 bits per heavy atom. The quantitative estimate of drug-likeness (QED) is 0.550. The fourth-order valence-electron chi connectivity index (χ4n) is 0.586. The molecule has 0 atom stereocenters. The molecule has 1 aromatic heterocycles. The second-order valence-corrected chi connectivity index (χ2v) is 2.05. The molecule has 0 aromatic carbocycles. The van der Waals surface area contributed by atoms with Gasteiger partial charge in [0.05, 0.1) is 5.56 Å². The highest BCUT2D eigenvalue weighted by molar-refractivity contribution is 5.09. The molecule has 1 N–H and O–H groups in total. The lowest BCUT2D eigenvalue weighted by Crippen LogP contribution is -2.18. The molecule has 0 fully saturated rings. The third-order valence-electron chi connectivity index (χ3n) is 1.34. The zero-order valence-corrected chi connectivity index (χ0v) is 5.72. The molecule has 4 nitrogen and oxygen atoms in total. The molecular weight excluding hydrogens is 134 g/mol. The van der Waals surface area contributed by atoms with E-state index in [9.17, 15) is 9.59 Å². The maximum atomic E-state index is 10.7. The van der Waals surface area contributed by atoms with Gasteiger partial charge in [-0.05, 0) is 13.8 Å². The molecule has 54 valence electrons. The van der Waals surface area contributed by atoms with Crippen molar-refractivity contribution in [3.8, 4) is 0 Å². The molecule has 1 rings (SSSR count). The van der Waals surface area contributed by atoms with Gasteiger partial charge in [-0.25, -0.2) is 9.59 Å². The summed E-state index contributed by atoms with van der Waals surface area (Å²) in [6.45, 7) is 3.24. The molecule has 4 heteroatoms. The zero-order valence-electron chi connectivity index (χ0n) is 5.72. The van der Waals surface area contributed by atoms with E-state index in [1.807, 2.05) is 0 Å². The van der Waals surface area contributed by atoms with E-state index in [-0.39, 0.29) is 0 Å². The van der Waals surface area contributed by atoms with Crippen LogP contribution in [-0.4, -0.2) is 4.98 Å². The summed E-state index contributed by atoms with van der Waals surface area (Å²) in [6.07, 6.45) is 0. The fraction of sp³-hybridized carbons (Fsp3) is 0.333. The van der Waals surface area contributed by atoms with Gasteiger partial charge in [0.2, 0.25) is 0 Å². The number of aryl methyl sites for hydroxylation is 1. The Kier molecular flexibility index (Phi) is 1.45. The van der Waals surface area contributed by atoms with Crippen LogP contribution in [0, 0.1) is 13.8 Å². The van der Waals surface area contributed by atoms with Gasteiger partial charge < -0.3 is 4.42 Å². The number of hydrogen-bond donors (Lipinski definition) is 1. The van der Waals surface area contributed by atoms with Gasteiger partial charge in [-0.2, -0.15) is 0 Å². The molecule has 1 heterocycles. The first-order valence-electron chi connectivity index (χ1n) is 2.82. The molecule has 0 spiro atoms. The van der Waals surface area contributed by atoms with Crippen molar-refractivity contribution in [2.24, 2.45) is 0 Å². The van der Waals surface area contributed by atoms with Gasteiger partial charge in [-0.3, -0.25) is 4.98 Å². The Bertz CT molecular complexity index is 347. The molecule has 0 radical (unpaired) electrons. The van der Waals surface area contributed by atoms with Crippen LogP contribution < -0.4 is 11.4 Å². The van der Waals surface area contributed by atoms with Gasteiger partial charge in [0.1, 0.15) is 0 Å². The van der Waals surface area contributed by atoms with Crippen molar-refractivity contribution >= 4 is 0 Å². The summed E-state index contributed by atoms with van der Waals surface area (Å²) in [5, 5.41) is 0. The maximum absolute atomic E-state index is 10.7. The van der Waals surface area contributed by atoms with Crippen LogP contribution in [0.15, 0.2) is 14.0 Å². The third-order valence-corrected chi connectivity index (χ3v) is 1.34. The van der Waals surface area contributed by atoms with Crippen LogP contribution in [0.2, 0.25) is 0 Å². The zero-order chi connectivity index (χ0) is 7.72. The Labute approximate surface area is 56.5 Å². The van der Waals surface area contributed by atoms with Crippen LogP contribution in [0.3, 0.4) is 0 Å². The van der Waals surface area contributed by atoms with Crippen LogP contribution in [0.4, 0.5) is 0 Å². The first-order valence-corrected chi connectivity index (χ1v) is 2.82. The second kappa shape index (κ2) is 2.13. The number of aromatic nitrogens is 1. The van der Waals surface area contributed by atoms with E-state index in [0.717, 1.165) is 0 Å². The average molecular weight is 141 g/mol. The fourth-order valence-corrected chi connectivity index (χ4v) is 0.586. The number of nitrogens with one attached hydrogen (secondary N) is 1. The minimum absolute atomic E-state index is 0.444. The Morgan fingerprint density at radius 3 is 2.40 bits per heavy atom. The molecule has 0 aliphatic carbocycles. The van der Waals surface area contributed by atoms with Gasteiger partial charge in [0.15, 0.2) is 0 Å². The van der Waals surface area contributed by atoms with Gasteiger partial charge in [-0.1, -0.05) is 0 Å². The van der Waals surface area contributed by atoms with Crippen LogP contribution in [0.25, 0.3) is 0 Å². The van der Waals surface area contributed by atoms with Gasteiger partial charge in [-0.15, -0.1) is 0 Å². The van der Waals surface area contributed by atoms with E-state index >= 15 is 0 Å². The monoisotopic (exact) mass is 141 g/mol. The number of aromatic amines is 1. The molecule has 1 aromatic rings. The molecule has 0 amide bonds. The van der Waals surface area contributed by atoms with E-state index in [0.29, 0.717) is 11.3 Å². The molecule has 0 aliphatic rings. The largest absolute Gasteiger partial charge is 0.419 e. The summed E-state index contributed by atoms with van der Waals surface area (Å²) in [7, 11) is 0. The van der Waals surface area contributed by atoms with E-state index in [4.69, 9.17) is 0 Å². The summed E-state index contributed by atoms with van der Waals surface area (Å²) >= 11 is 0. The topological polar surface area (TPSA) is 63.1 Å². The molecule has 0 aliphatic heterocycles. The van der Waals surface area contributed by atoms with Crippen molar-refractivity contribution in [1.82, 2.24) is 4.98 Å². The van der Waals surface area contributed by atoms with Crippen molar-refractivity contribution in [1.29, 1.82) is 0 Å². The third kappa shape index (κ3) is 1.00. The average Bonchev–Trinajstić information content (AvgIpc) is 1.82. The molecule has 0 saturated heterocycles.